The molecular formula is C11H23NO3. The SMILES string of the molecule is COC(O)CC1CCC([C@@H](N)CO)CC1. The molecule has 2 atom stereocenters. The van der Waals surface area contributed by atoms with Crippen LogP contribution in [0.3, 0.4) is 0 Å². The number of aliphatic hydroxyl groups excluding tert-OH is 2. The van der Waals surface area contributed by atoms with Gasteiger partial charge in [0.1, 0.15) is 0 Å². The Bertz CT molecular complexity index is 169. The normalized spacial score (nSPS) is 31.2. The van der Waals surface area contributed by atoms with Crippen molar-refractivity contribution < 1.29 is 14.9 Å². The van der Waals surface area contributed by atoms with Crippen LogP contribution in [0.25, 0.3) is 0 Å². The molecule has 0 amide bonds. The molecule has 15 heavy (non-hydrogen) atoms. The van der Waals surface area contributed by atoms with Crippen molar-refractivity contribution in [3.05, 3.63) is 0 Å². The zero-order valence-corrected chi connectivity index (χ0v) is 9.43. The Hall–Kier alpha value is -0.160. The van der Waals surface area contributed by atoms with E-state index in [1.54, 1.807) is 0 Å². The Morgan fingerprint density at radius 3 is 2.40 bits per heavy atom. The van der Waals surface area contributed by atoms with Crippen molar-refractivity contribution in [1.82, 2.24) is 0 Å². The molecule has 90 valence electrons. The van der Waals surface area contributed by atoms with Crippen LogP contribution in [0.1, 0.15) is 32.1 Å². The van der Waals surface area contributed by atoms with E-state index in [9.17, 15) is 5.11 Å². The summed E-state index contributed by atoms with van der Waals surface area (Å²) in [7, 11) is 1.53. The predicted molar refractivity (Wildman–Crippen MR) is 58.1 cm³/mol. The van der Waals surface area contributed by atoms with Crippen LogP contribution in [0, 0.1) is 11.8 Å². The van der Waals surface area contributed by atoms with Gasteiger partial charge in [-0.05, 0) is 37.5 Å². The van der Waals surface area contributed by atoms with E-state index < -0.39 is 6.29 Å². The molecule has 0 heterocycles. The molecule has 0 aromatic heterocycles. The maximum Gasteiger partial charge on any atom is 0.154 e. The highest BCUT2D eigenvalue weighted by Crippen LogP contribution is 2.32. The maximum absolute atomic E-state index is 9.34. The van der Waals surface area contributed by atoms with E-state index in [4.69, 9.17) is 15.6 Å². The van der Waals surface area contributed by atoms with Gasteiger partial charge < -0.3 is 20.7 Å². The number of methoxy groups -OCH3 is 1. The van der Waals surface area contributed by atoms with Gasteiger partial charge in [-0.2, -0.15) is 0 Å². The Kier molecular flexibility index (Phi) is 5.53. The van der Waals surface area contributed by atoms with E-state index in [-0.39, 0.29) is 12.6 Å². The zero-order chi connectivity index (χ0) is 11.3. The van der Waals surface area contributed by atoms with Gasteiger partial charge in [-0.15, -0.1) is 0 Å². The monoisotopic (exact) mass is 217 g/mol. The van der Waals surface area contributed by atoms with Crippen LogP contribution >= 0.6 is 0 Å². The van der Waals surface area contributed by atoms with Crippen LogP contribution in [0.2, 0.25) is 0 Å². The third-order valence-corrected chi connectivity index (χ3v) is 3.51. The fourth-order valence-corrected chi connectivity index (χ4v) is 2.38. The Labute approximate surface area is 91.4 Å². The van der Waals surface area contributed by atoms with Crippen molar-refractivity contribution in [2.45, 2.75) is 44.4 Å². The lowest BCUT2D eigenvalue weighted by Gasteiger charge is -2.32. The molecule has 4 heteroatoms. The first-order chi connectivity index (χ1) is 7.17. The molecule has 0 spiro atoms. The molecule has 1 fully saturated rings. The molecule has 4 nitrogen and oxygen atoms in total. The van der Waals surface area contributed by atoms with Crippen LogP contribution < -0.4 is 5.73 Å². The van der Waals surface area contributed by atoms with Gasteiger partial charge in [0, 0.05) is 19.6 Å². The molecule has 1 aliphatic rings. The molecule has 1 rings (SSSR count). The number of nitrogens with two attached hydrogens (primary N) is 1. The minimum absolute atomic E-state index is 0.0710. The predicted octanol–water partition coefficient (Wildman–Crippen LogP) is 0.467. The quantitative estimate of drug-likeness (QED) is 0.585. The van der Waals surface area contributed by atoms with Gasteiger partial charge in [0.15, 0.2) is 6.29 Å². The Balaban J connectivity index is 2.23. The van der Waals surface area contributed by atoms with Crippen molar-refractivity contribution in [1.29, 1.82) is 0 Å². The molecule has 1 unspecified atom stereocenters. The van der Waals surface area contributed by atoms with Crippen molar-refractivity contribution in [2.24, 2.45) is 17.6 Å². The summed E-state index contributed by atoms with van der Waals surface area (Å²) >= 11 is 0. The second-order valence-corrected chi connectivity index (χ2v) is 4.55. The maximum atomic E-state index is 9.34. The van der Waals surface area contributed by atoms with Crippen molar-refractivity contribution in [2.75, 3.05) is 13.7 Å². The second-order valence-electron chi connectivity index (χ2n) is 4.55. The van der Waals surface area contributed by atoms with Crippen LogP contribution in [0.4, 0.5) is 0 Å². The summed E-state index contributed by atoms with van der Waals surface area (Å²) in [6, 6.07) is -0.0710. The topological polar surface area (TPSA) is 75.7 Å². The lowest BCUT2D eigenvalue weighted by atomic mass is 9.77. The summed E-state index contributed by atoms with van der Waals surface area (Å²) in [6.07, 6.45) is 4.37. The van der Waals surface area contributed by atoms with Crippen LogP contribution in [-0.2, 0) is 4.74 Å². The van der Waals surface area contributed by atoms with Gasteiger partial charge in [0.05, 0.1) is 6.61 Å². The molecule has 4 N–H and O–H groups in total. The smallest absolute Gasteiger partial charge is 0.154 e. The Morgan fingerprint density at radius 1 is 1.33 bits per heavy atom. The van der Waals surface area contributed by atoms with Crippen molar-refractivity contribution in [3.8, 4) is 0 Å². The molecular weight excluding hydrogens is 194 g/mol. The standard InChI is InChI=1S/C11H23NO3/c1-15-11(14)6-8-2-4-9(5-3-8)10(12)7-13/h8-11,13-14H,2-7,12H2,1H3/t8?,9?,10-,11?/m0/s1. The van der Waals surface area contributed by atoms with Gasteiger partial charge in [-0.3, -0.25) is 0 Å². The number of aliphatic hydroxyl groups is 2. The Morgan fingerprint density at radius 2 is 1.93 bits per heavy atom. The average molecular weight is 217 g/mol. The summed E-state index contributed by atoms with van der Waals surface area (Å²) in [5.74, 6) is 0.994. The first-order valence-corrected chi connectivity index (χ1v) is 5.74. The molecule has 0 aromatic carbocycles. The number of rotatable bonds is 5. The lowest BCUT2D eigenvalue weighted by Crippen LogP contribution is -2.36. The molecule has 1 aliphatic carbocycles. The largest absolute Gasteiger partial charge is 0.395 e. The van der Waals surface area contributed by atoms with Gasteiger partial charge in [0.2, 0.25) is 0 Å². The van der Waals surface area contributed by atoms with Gasteiger partial charge in [-0.25, -0.2) is 0 Å². The first kappa shape index (κ1) is 12.9. The highest BCUT2D eigenvalue weighted by atomic mass is 16.6. The average Bonchev–Trinajstić information content (AvgIpc) is 2.29. The van der Waals surface area contributed by atoms with E-state index in [2.05, 4.69) is 0 Å². The third-order valence-electron chi connectivity index (χ3n) is 3.51. The lowest BCUT2D eigenvalue weighted by molar-refractivity contribution is -0.0905. The molecule has 0 aliphatic heterocycles. The summed E-state index contributed by atoms with van der Waals surface area (Å²) in [4.78, 5) is 0. The minimum atomic E-state index is -0.627. The molecule has 1 saturated carbocycles. The van der Waals surface area contributed by atoms with Crippen molar-refractivity contribution in [3.63, 3.8) is 0 Å². The first-order valence-electron chi connectivity index (χ1n) is 5.74. The minimum Gasteiger partial charge on any atom is -0.395 e. The van der Waals surface area contributed by atoms with Gasteiger partial charge in [-0.1, -0.05) is 0 Å². The van der Waals surface area contributed by atoms with E-state index in [1.807, 2.05) is 0 Å². The fraction of sp³-hybridized carbons (Fsp3) is 1.00. The van der Waals surface area contributed by atoms with Crippen LogP contribution in [0.15, 0.2) is 0 Å². The molecule has 0 aromatic rings. The summed E-state index contributed by atoms with van der Waals surface area (Å²) in [6.45, 7) is 0.0794. The summed E-state index contributed by atoms with van der Waals surface area (Å²) in [5, 5.41) is 18.3. The molecule has 0 bridgehead atoms. The highest BCUT2D eigenvalue weighted by molar-refractivity contribution is 4.79. The number of hydrogen-bond donors (Lipinski definition) is 3. The zero-order valence-electron chi connectivity index (χ0n) is 9.43. The van der Waals surface area contributed by atoms with E-state index in [0.29, 0.717) is 11.8 Å². The number of hydrogen-bond acceptors (Lipinski definition) is 4. The summed E-state index contributed by atoms with van der Waals surface area (Å²) < 4.78 is 4.84. The van der Waals surface area contributed by atoms with E-state index >= 15 is 0 Å². The molecule has 0 saturated heterocycles. The second kappa shape index (κ2) is 6.43. The molecule has 0 radical (unpaired) electrons. The number of ether oxygens (including phenoxy) is 1. The van der Waals surface area contributed by atoms with Crippen LogP contribution in [-0.4, -0.2) is 36.3 Å². The summed E-state index contributed by atoms with van der Waals surface area (Å²) in [5.41, 5.74) is 5.80. The van der Waals surface area contributed by atoms with Gasteiger partial charge >= 0.3 is 0 Å². The van der Waals surface area contributed by atoms with E-state index in [0.717, 1.165) is 32.1 Å². The van der Waals surface area contributed by atoms with Gasteiger partial charge in [0.25, 0.3) is 0 Å². The van der Waals surface area contributed by atoms with Crippen LogP contribution in [0.5, 0.6) is 0 Å². The fourth-order valence-electron chi connectivity index (χ4n) is 2.38. The van der Waals surface area contributed by atoms with Crippen molar-refractivity contribution >= 4 is 0 Å². The third kappa shape index (κ3) is 4.07. The highest BCUT2D eigenvalue weighted by Gasteiger charge is 2.26. The van der Waals surface area contributed by atoms with E-state index in [1.165, 1.54) is 7.11 Å².